The summed E-state index contributed by atoms with van der Waals surface area (Å²) in [6, 6.07) is 18.0. The van der Waals surface area contributed by atoms with Gasteiger partial charge in [-0.15, -0.1) is 0 Å². The zero-order chi connectivity index (χ0) is 20.3. The third-order valence-corrected chi connectivity index (χ3v) is 4.70. The molecule has 0 aliphatic carbocycles. The lowest BCUT2D eigenvalue weighted by Crippen LogP contribution is -1.98. The second-order valence-corrected chi connectivity index (χ2v) is 7.26. The van der Waals surface area contributed by atoms with Gasteiger partial charge >= 0.3 is 0 Å². The van der Waals surface area contributed by atoms with Crippen molar-refractivity contribution in [1.82, 2.24) is 9.55 Å². The number of phenols is 2. The van der Waals surface area contributed by atoms with Crippen molar-refractivity contribution in [1.29, 1.82) is 0 Å². The Labute approximate surface area is 171 Å². The lowest BCUT2D eigenvalue weighted by atomic mass is 10.2. The summed E-state index contributed by atoms with van der Waals surface area (Å²) in [4.78, 5) is 4.47. The molecule has 0 spiro atoms. The van der Waals surface area contributed by atoms with Crippen LogP contribution in [0.2, 0.25) is 0 Å². The molecule has 0 atom stereocenters. The molecule has 0 amide bonds. The maximum atomic E-state index is 9.48. The Morgan fingerprint density at radius 1 is 1.00 bits per heavy atom. The van der Waals surface area contributed by atoms with E-state index in [2.05, 4.69) is 26.2 Å². The number of nitrogens with two attached hydrogens (primary N) is 1. The number of aromatic hydroxyl groups is 2. The fraction of sp³-hybridized carbons (Fsp3) is 0.0952. The number of halogens is 1. The van der Waals surface area contributed by atoms with Gasteiger partial charge in [0.15, 0.2) is 0 Å². The fourth-order valence-corrected chi connectivity index (χ4v) is 3.02. The molecule has 28 heavy (non-hydrogen) atoms. The first-order valence-electron chi connectivity index (χ1n) is 8.56. The minimum absolute atomic E-state index is 0.220. The van der Waals surface area contributed by atoms with Gasteiger partial charge in [0.05, 0.1) is 11.0 Å². The molecule has 0 aliphatic heterocycles. The molecular formula is C21H21BrN4O2. The number of fused-ring (bicyclic) bond motifs is 1. The molecule has 0 fully saturated rings. The van der Waals surface area contributed by atoms with Gasteiger partial charge in [0.1, 0.15) is 11.5 Å². The predicted octanol–water partition coefficient (Wildman–Crippen LogP) is 5.07. The highest BCUT2D eigenvalue weighted by Gasteiger charge is 2.08. The van der Waals surface area contributed by atoms with Gasteiger partial charge in [-0.2, -0.15) is 0 Å². The van der Waals surface area contributed by atoms with E-state index < -0.39 is 0 Å². The van der Waals surface area contributed by atoms with Gasteiger partial charge in [0.25, 0.3) is 0 Å². The first-order chi connectivity index (χ1) is 13.3. The van der Waals surface area contributed by atoms with E-state index in [0.717, 1.165) is 32.7 Å². The summed E-state index contributed by atoms with van der Waals surface area (Å²) in [6.45, 7) is 1.90. The number of aryl methyl sites for hydroxylation is 2. The highest BCUT2D eigenvalue weighted by atomic mass is 79.9. The van der Waals surface area contributed by atoms with Crippen molar-refractivity contribution in [2.75, 3.05) is 11.1 Å². The molecule has 4 rings (SSSR count). The molecule has 4 aromatic rings. The molecule has 0 radical (unpaired) electrons. The monoisotopic (exact) mass is 440 g/mol. The zero-order valence-electron chi connectivity index (χ0n) is 15.5. The average Bonchev–Trinajstić information content (AvgIpc) is 2.94. The molecule has 0 aliphatic rings. The van der Waals surface area contributed by atoms with Crippen LogP contribution in [0.25, 0.3) is 11.0 Å². The van der Waals surface area contributed by atoms with E-state index in [1.165, 1.54) is 6.07 Å². The summed E-state index contributed by atoms with van der Waals surface area (Å²) < 4.78 is 2.96. The van der Waals surface area contributed by atoms with Gasteiger partial charge in [0.2, 0.25) is 5.95 Å². The minimum atomic E-state index is 0.220. The summed E-state index contributed by atoms with van der Waals surface area (Å²) in [7, 11) is 1.94. The Morgan fingerprint density at radius 3 is 2.39 bits per heavy atom. The molecule has 0 unspecified atom stereocenters. The molecule has 1 aromatic heterocycles. The maximum absolute atomic E-state index is 9.48. The van der Waals surface area contributed by atoms with Crippen LogP contribution in [-0.2, 0) is 7.05 Å². The van der Waals surface area contributed by atoms with E-state index in [1.54, 1.807) is 24.3 Å². The van der Waals surface area contributed by atoms with E-state index in [-0.39, 0.29) is 11.5 Å². The van der Waals surface area contributed by atoms with Crippen molar-refractivity contribution in [2.45, 2.75) is 6.92 Å². The Kier molecular flexibility index (Phi) is 5.75. The van der Waals surface area contributed by atoms with Crippen LogP contribution in [0.4, 0.5) is 17.3 Å². The number of aromatic nitrogens is 2. The van der Waals surface area contributed by atoms with Gasteiger partial charge < -0.3 is 25.8 Å². The van der Waals surface area contributed by atoms with Crippen molar-refractivity contribution >= 4 is 44.3 Å². The lowest BCUT2D eigenvalue weighted by molar-refractivity contribution is 0.475. The Hall–Kier alpha value is -3.19. The number of hydrogen-bond donors (Lipinski definition) is 4. The van der Waals surface area contributed by atoms with Crippen LogP contribution in [0.15, 0.2) is 65.1 Å². The smallest absolute Gasteiger partial charge is 0.208 e. The number of nitrogens with one attached hydrogen (secondary N) is 1. The third kappa shape index (κ3) is 4.55. The van der Waals surface area contributed by atoms with Crippen molar-refractivity contribution in [3.63, 3.8) is 0 Å². The molecule has 0 bridgehead atoms. The average molecular weight is 441 g/mol. The predicted molar refractivity (Wildman–Crippen MR) is 117 cm³/mol. The topological polar surface area (TPSA) is 96.3 Å². The first kappa shape index (κ1) is 19.6. The first-order valence-corrected chi connectivity index (χ1v) is 9.36. The second kappa shape index (κ2) is 8.22. The molecule has 144 valence electrons. The molecule has 1 heterocycles. The van der Waals surface area contributed by atoms with Crippen LogP contribution in [0.5, 0.6) is 11.5 Å². The van der Waals surface area contributed by atoms with Gasteiger partial charge in [-0.25, -0.2) is 4.98 Å². The molecule has 0 saturated heterocycles. The van der Waals surface area contributed by atoms with Crippen LogP contribution < -0.4 is 11.1 Å². The molecule has 3 aromatic carbocycles. The van der Waals surface area contributed by atoms with Crippen LogP contribution in [0, 0.1) is 6.92 Å². The van der Waals surface area contributed by atoms with Crippen molar-refractivity contribution in [3.05, 3.63) is 70.7 Å². The van der Waals surface area contributed by atoms with Crippen LogP contribution in [0.3, 0.4) is 0 Å². The number of phenolic OH excluding ortho intramolecular Hbond substituents is 2. The van der Waals surface area contributed by atoms with E-state index >= 15 is 0 Å². The molecule has 6 nitrogen and oxygen atoms in total. The van der Waals surface area contributed by atoms with E-state index in [0.29, 0.717) is 5.69 Å². The van der Waals surface area contributed by atoms with Gasteiger partial charge in [-0.05, 0) is 48.9 Å². The van der Waals surface area contributed by atoms with E-state index in [4.69, 9.17) is 10.8 Å². The number of nitrogen functional groups attached to an aromatic ring is 1. The number of imidazole rings is 1. The highest BCUT2D eigenvalue weighted by molar-refractivity contribution is 9.10. The molecule has 7 heteroatoms. The molecular weight excluding hydrogens is 420 g/mol. The van der Waals surface area contributed by atoms with Crippen LogP contribution in [-0.4, -0.2) is 19.8 Å². The zero-order valence-corrected chi connectivity index (χ0v) is 17.1. The van der Waals surface area contributed by atoms with E-state index in [9.17, 15) is 5.11 Å². The highest BCUT2D eigenvalue weighted by Crippen LogP contribution is 2.25. The summed E-state index contributed by atoms with van der Waals surface area (Å²) in [5.74, 6) is 1.18. The lowest BCUT2D eigenvalue weighted by Gasteiger charge is -2.06. The number of nitrogens with zero attached hydrogens (tertiary/aromatic N) is 2. The SMILES string of the molecule is Cc1ccc(O)cc1N.Cn1c(Nc2cccc(Br)c2)nc2cc(O)ccc21. The van der Waals surface area contributed by atoms with Crippen LogP contribution >= 0.6 is 15.9 Å². The van der Waals surface area contributed by atoms with Crippen molar-refractivity contribution in [2.24, 2.45) is 7.05 Å². The number of rotatable bonds is 2. The largest absolute Gasteiger partial charge is 0.508 e. The quantitative estimate of drug-likeness (QED) is 0.326. The number of hydrogen-bond acceptors (Lipinski definition) is 5. The normalized spacial score (nSPS) is 10.4. The number of anilines is 3. The molecule has 5 N–H and O–H groups in total. The third-order valence-electron chi connectivity index (χ3n) is 4.21. The summed E-state index contributed by atoms with van der Waals surface area (Å²) in [6.07, 6.45) is 0. The maximum Gasteiger partial charge on any atom is 0.208 e. The second-order valence-electron chi connectivity index (χ2n) is 6.34. The summed E-state index contributed by atoms with van der Waals surface area (Å²) in [5.41, 5.74) is 9.78. The van der Waals surface area contributed by atoms with Gasteiger partial charge in [-0.1, -0.05) is 28.1 Å². The standard InChI is InChI=1S/C14H12BrN3O.C7H9NO/c1-18-13-6-5-11(19)8-12(13)17-14(18)16-10-4-2-3-9(15)7-10;1-5-2-3-6(9)4-7(5)8/h2-8,19H,1H3,(H,16,17);2-4,9H,8H2,1H3. The Balaban J connectivity index is 0.000000211. The summed E-state index contributed by atoms with van der Waals surface area (Å²) in [5, 5.41) is 21.6. The summed E-state index contributed by atoms with van der Waals surface area (Å²) >= 11 is 3.44. The number of benzene rings is 3. The Bertz CT molecular complexity index is 1120. The molecule has 0 saturated carbocycles. The van der Waals surface area contributed by atoms with Gasteiger partial charge in [0, 0.05) is 35.0 Å². The van der Waals surface area contributed by atoms with Crippen molar-refractivity contribution < 1.29 is 10.2 Å². The minimum Gasteiger partial charge on any atom is -0.508 e. The fourth-order valence-electron chi connectivity index (χ4n) is 2.62. The van der Waals surface area contributed by atoms with E-state index in [1.807, 2.05) is 48.9 Å². The van der Waals surface area contributed by atoms with Crippen LogP contribution in [0.1, 0.15) is 5.56 Å². The van der Waals surface area contributed by atoms with Crippen molar-refractivity contribution in [3.8, 4) is 11.5 Å². The Morgan fingerprint density at radius 2 is 1.71 bits per heavy atom. The van der Waals surface area contributed by atoms with Gasteiger partial charge in [-0.3, -0.25) is 0 Å².